The Kier molecular flexibility index (Phi) is 4.82. The minimum atomic E-state index is -4.37. The molecule has 148 valence electrons. The minimum Gasteiger partial charge on any atom is -0.340 e. The number of thiophene rings is 1. The topological polar surface area (TPSA) is 22.0 Å². The normalized spacial score (nSPS) is 11.9. The highest BCUT2D eigenvalue weighted by molar-refractivity contribution is 7.17. The van der Waals surface area contributed by atoms with E-state index < -0.39 is 11.7 Å². The zero-order valence-corrected chi connectivity index (χ0v) is 16.7. The molecule has 0 bridgehead atoms. The summed E-state index contributed by atoms with van der Waals surface area (Å²) in [5.41, 5.74) is 2.88. The van der Waals surface area contributed by atoms with Crippen molar-refractivity contribution in [3.63, 3.8) is 0 Å². The Morgan fingerprint density at radius 1 is 1.03 bits per heavy atom. The zero-order chi connectivity index (χ0) is 20.8. The average Bonchev–Trinajstić information content (AvgIpc) is 3.25. The van der Waals surface area contributed by atoms with Gasteiger partial charge in [0.15, 0.2) is 5.78 Å². The summed E-state index contributed by atoms with van der Waals surface area (Å²) >= 11 is 1.44. The van der Waals surface area contributed by atoms with Crippen molar-refractivity contribution >= 4 is 28.0 Å². The number of ketones is 1. The van der Waals surface area contributed by atoms with E-state index in [9.17, 15) is 18.0 Å². The average molecular weight is 413 g/mol. The van der Waals surface area contributed by atoms with Gasteiger partial charge in [-0.3, -0.25) is 4.79 Å². The lowest BCUT2D eigenvalue weighted by molar-refractivity contribution is -0.137. The highest BCUT2D eigenvalue weighted by atomic mass is 32.1. The maximum absolute atomic E-state index is 13.1. The molecule has 4 rings (SSSR count). The Bertz CT molecular complexity index is 1220. The van der Waals surface area contributed by atoms with Crippen LogP contribution >= 0.6 is 11.3 Å². The highest BCUT2D eigenvalue weighted by Gasteiger charge is 2.30. The molecular weight excluding hydrogens is 395 g/mol. The number of halogens is 3. The molecule has 0 fully saturated rings. The Morgan fingerprint density at radius 2 is 1.79 bits per heavy atom. The predicted molar refractivity (Wildman–Crippen MR) is 111 cm³/mol. The van der Waals surface area contributed by atoms with Gasteiger partial charge in [0.25, 0.3) is 0 Å². The molecule has 0 atom stereocenters. The Labute approximate surface area is 170 Å². The number of rotatable bonds is 4. The van der Waals surface area contributed by atoms with Crippen LogP contribution in [0.3, 0.4) is 0 Å². The van der Waals surface area contributed by atoms with E-state index in [-0.39, 0.29) is 5.78 Å². The lowest BCUT2D eigenvalue weighted by atomic mass is 10.1. The number of fused-ring (bicyclic) bond motifs is 1. The molecule has 2 aromatic heterocycles. The molecule has 29 heavy (non-hydrogen) atoms. The Balaban J connectivity index is 1.84. The molecule has 0 aliphatic rings. The van der Waals surface area contributed by atoms with Gasteiger partial charge >= 0.3 is 6.18 Å². The van der Waals surface area contributed by atoms with Gasteiger partial charge in [-0.05, 0) is 49.7 Å². The van der Waals surface area contributed by atoms with Crippen molar-refractivity contribution in [3.05, 3.63) is 82.4 Å². The first kappa shape index (κ1) is 19.5. The van der Waals surface area contributed by atoms with Crippen molar-refractivity contribution in [2.24, 2.45) is 0 Å². The molecule has 2 heterocycles. The van der Waals surface area contributed by atoms with Crippen molar-refractivity contribution in [1.82, 2.24) is 4.57 Å². The van der Waals surface area contributed by atoms with Crippen LogP contribution in [0.15, 0.2) is 60.7 Å². The molecule has 0 N–H and O–H groups in total. The van der Waals surface area contributed by atoms with Crippen LogP contribution in [-0.2, 0) is 12.7 Å². The third-order valence-corrected chi connectivity index (χ3v) is 6.23. The van der Waals surface area contributed by atoms with Gasteiger partial charge in [0, 0.05) is 33.6 Å². The van der Waals surface area contributed by atoms with E-state index in [0.29, 0.717) is 17.0 Å². The number of aromatic nitrogens is 1. The number of hydrogen-bond donors (Lipinski definition) is 0. The lowest BCUT2D eigenvalue weighted by Gasteiger charge is -2.12. The molecule has 0 aliphatic heterocycles. The van der Waals surface area contributed by atoms with E-state index in [1.807, 2.05) is 47.9 Å². The summed E-state index contributed by atoms with van der Waals surface area (Å²) in [5.74, 6) is 0.0200. The van der Waals surface area contributed by atoms with E-state index in [1.54, 1.807) is 13.0 Å². The van der Waals surface area contributed by atoms with Crippen LogP contribution in [0.4, 0.5) is 13.2 Å². The van der Waals surface area contributed by atoms with Crippen molar-refractivity contribution in [2.45, 2.75) is 26.6 Å². The predicted octanol–water partition coefficient (Wildman–Crippen LogP) is 6.95. The van der Waals surface area contributed by atoms with Gasteiger partial charge in [0.2, 0.25) is 0 Å². The molecule has 6 heteroatoms. The van der Waals surface area contributed by atoms with Crippen molar-refractivity contribution in [3.8, 4) is 10.4 Å². The molecule has 0 amide bonds. The summed E-state index contributed by atoms with van der Waals surface area (Å²) in [6.45, 7) is 3.84. The number of hydrogen-bond acceptors (Lipinski definition) is 2. The van der Waals surface area contributed by atoms with Crippen LogP contribution in [0.25, 0.3) is 21.3 Å². The number of para-hydroxylation sites is 1. The van der Waals surface area contributed by atoms with Crippen LogP contribution in [0.1, 0.15) is 33.4 Å². The number of Topliss-reactive ketones (excluding diaryl/α,β-unsaturated/α-hetero) is 1. The summed E-state index contributed by atoms with van der Waals surface area (Å²) in [6.07, 6.45) is -4.37. The fourth-order valence-electron chi connectivity index (χ4n) is 3.64. The number of carbonyl (C=O) groups is 1. The molecule has 2 aromatic carbocycles. The van der Waals surface area contributed by atoms with E-state index in [2.05, 4.69) is 0 Å². The number of alkyl halides is 3. The quantitative estimate of drug-likeness (QED) is 0.332. The summed E-state index contributed by atoms with van der Waals surface area (Å²) < 4.78 is 41.3. The van der Waals surface area contributed by atoms with Crippen LogP contribution < -0.4 is 0 Å². The van der Waals surface area contributed by atoms with E-state index >= 15 is 0 Å². The lowest BCUT2D eigenvalue weighted by Crippen LogP contribution is -2.07. The third-order valence-electron chi connectivity index (χ3n) is 5.03. The number of carbonyl (C=O) groups excluding carboxylic acids is 1. The third kappa shape index (κ3) is 3.60. The first-order valence-corrected chi connectivity index (χ1v) is 9.92. The second-order valence-electron chi connectivity index (χ2n) is 6.98. The molecule has 0 radical (unpaired) electrons. The second-order valence-corrected chi connectivity index (χ2v) is 8.07. The number of nitrogens with zero attached hydrogens (tertiary/aromatic N) is 1. The SMILES string of the molecule is CC(=O)c1ccc(-c2c(C)n(Cc3cccc(C(F)(F)F)c3)c3ccccc23)s1. The van der Waals surface area contributed by atoms with Crippen LogP contribution in [-0.4, -0.2) is 10.4 Å². The molecule has 0 unspecified atom stereocenters. The fraction of sp³-hybridized carbons (Fsp3) is 0.174. The first-order valence-electron chi connectivity index (χ1n) is 9.11. The van der Waals surface area contributed by atoms with Crippen LogP contribution in [0.2, 0.25) is 0 Å². The van der Waals surface area contributed by atoms with E-state index in [4.69, 9.17) is 0 Å². The number of benzene rings is 2. The molecule has 0 aliphatic carbocycles. The van der Waals surface area contributed by atoms with Gasteiger partial charge in [-0.1, -0.05) is 30.3 Å². The smallest absolute Gasteiger partial charge is 0.340 e. The standard InChI is InChI=1S/C23H18F3NOS/c1-14-22(21-11-10-20(29-21)15(2)28)18-8-3-4-9-19(18)27(14)13-16-6-5-7-17(12-16)23(24,25)26/h3-12H,13H2,1-2H3. The maximum Gasteiger partial charge on any atom is 0.416 e. The minimum absolute atomic E-state index is 0.0200. The van der Waals surface area contributed by atoms with Crippen LogP contribution in [0, 0.1) is 6.92 Å². The summed E-state index contributed by atoms with van der Waals surface area (Å²) in [6, 6.07) is 17.0. The fourth-order valence-corrected chi connectivity index (χ4v) is 4.65. The van der Waals surface area contributed by atoms with E-state index in [1.165, 1.54) is 23.5 Å². The molecule has 4 aromatic rings. The van der Waals surface area contributed by atoms with Gasteiger partial charge < -0.3 is 4.57 Å². The summed E-state index contributed by atoms with van der Waals surface area (Å²) in [7, 11) is 0. The second kappa shape index (κ2) is 7.19. The van der Waals surface area contributed by atoms with Gasteiger partial charge in [0.1, 0.15) is 0 Å². The first-order chi connectivity index (χ1) is 13.8. The highest BCUT2D eigenvalue weighted by Crippen LogP contribution is 2.39. The zero-order valence-electron chi connectivity index (χ0n) is 15.9. The molecule has 0 spiro atoms. The summed E-state index contributed by atoms with van der Waals surface area (Å²) in [5, 5.41) is 1.02. The van der Waals surface area contributed by atoms with E-state index in [0.717, 1.165) is 33.1 Å². The van der Waals surface area contributed by atoms with Gasteiger partial charge in [0.05, 0.1) is 10.4 Å². The van der Waals surface area contributed by atoms with Crippen molar-refractivity contribution < 1.29 is 18.0 Å². The molecule has 0 saturated carbocycles. The summed E-state index contributed by atoms with van der Waals surface area (Å²) in [4.78, 5) is 13.4. The van der Waals surface area contributed by atoms with Crippen LogP contribution in [0.5, 0.6) is 0 Å². The van der Waals surface area contributed by atoms with Crippen molar-refractivity contribution in [2.75, 3.05) is 0 Å². The van der Waals surface area contributed by atoms with Gasteiger partial charge in [-0.2, -0.15) is 13.2 Å². The molecule has 2 nitrogen and oxygen atoms in total. The Morgan fingerprint density at radius 3 is 2.48 bits per heavy atom. The Hall–Kier alpha value is -2.86. The largest absolute Gasteiger partial charge is 0.416 e. The molecular formula is C23H18F3NOS. The van der Waals surface area contributed by atoms with Gasteiger partial charge in [-0.15, -0.1) is 11.3 Å². The molecule has 0 saturated heterocycles. The van der Waals surface area contributed by atoms with Gasteiger partial charge in [-0.25, -0.2) is 0 Å². The monoisotopic (exact) mass is 413 g/mol. The maximum atomic E-state index is 13.1. The van der Waals surface area contributed by atoms with Crippen molar-refractivity contribution in [1.29, 1.82) is 0 Å².